The molecule has 0 aliphatic heterocycles. The molecular formula is C23H44. The van der Waals surface area contributed by atoms with Crippen molar-refractivity contribution in [3.05, 3.63) is 22.3 Å². The Kier molecular flexibility index (Phi) is 9.48. The summed E-state index contributed by atoms with van der Waals surface area (Å²) < 4.78 is 0. The van der Waals surface area contributed by atoms with Crippen molar-refractivity contribution in [1.29, 1.82) is 0 Å². The van der Waals surface area contributed by atoms with E-state index in [0.717, 1.165) is 35.5 Å². The van der Waals surface area contributed by atoms with Crippen LogP contribution in [0.5, 0.6) is 0 Å². The van der Waals surface area contributed by atoms with Crippen LogP contribution in [0, 0.1) is 35.5 Å². The van der Waals surface area contributed by atoms with Gasteiger partial charge in [0.25, 0.3) is 0 Å². The van der Waals surface area contributed by atoms with Gasteiger partial charge in [0.2, 0.25) is 0 Å². The Balaban J connectivity index is 0.000000360. The highest BCUT2D eigenvalue weighted by atomic mass is 14.4. The molecule has 2 aliphatic carbocycles. The van der Waals surface area contributed by atoms with Crippen LogP contribution in [0.2, 0.25) is 0 Å². The van der Waals surface area contributed by atoms with Crippen LogP contribution < -0.4 is 0 Å². The molecule has 0 saturated heterocycles. The van der Waals surface area contributed by atoms with Gasteiger partial charge in [-0.3, -0.25) is 0 Å². The van der Waals surface area contributed by atoms with Crippen molar-refractivity contribution in [3.63, 3.8) is 0 Å². The quantitative estimate of drug-likeness (QED) is 0.398. The van der Waals surface area contributed by atoms with Crippen LogP contribution in [0.1, 0.15) is 89.5 Å². The van der Waals surface area contributed by atoms with E-state index in [1.54, 1.807) is 22.3 Å². The predicted octanol–water partition coefficient (Wildman–Crippen LogP) is 7.91. The summed E-state index contributed by atoms with van der Waals surface area (Å²) in [6.45, 7) is 27.4. The Bertz CT molecular complexity index is 347. The summed E-state index contributed by atoms with van der Waals surface area (Å²) in [6, 6.07) is 0. The van der Waals surface area contributed by atoms with E-state index in [0.29, 0.717) is 0 Å². The first-order valence-corrected chi connectivity index (χ1v) is 9.87. The van der Waals surface area contributed by atoms with Gasteiger partial charge in [0.05, 0.1) is 0 Å². The van der Waals surface area contributed by atoms with Gasteiger partial charge in [0, 0.05) is 0 Å². The molecule has 2 rings (SSSR count). The molecule has 0 aromatic heterocycles. The zero-order chi connectivity index (χ0) is 18.5. The molecule has 0 radical (unpaired) electrons. The Hall–Kier alpha value is -0.520. The van der Waals surface area contributed by atoms with Crippen molar-refractivity contribution in [3.8, 4) is 0 Å². The Morgan fingerprint density at radius 2 is 0.609 bits per heavy atom. The number of allylic oxidation sites excluding steroid dienone is 4. The van der Waals surface area contributed by atoms with Gasteiger partial charge < -0.3 is 0 Å². The van der Waals surface area contributed by atoms with Crippen LogP contribution in [0.15, 0.2) is 22.3 Å². The monoisotopic (exact) mass is 320 g/mol. The van der Waals surface area contributed by atoms with Gasteiger partial charge in [-0.15, -0.1) is 0 Å². The third-order valence-corrected chi connectivity index (χ3v) is 7.13. The van der Waals surface area contributed by atoms with Gasteiger partial charge in [-0.25, -0.2) is 0 Å². The molecule has 0 amide bonds. The first kappa shape index (κ1) is 22.5. The summed E-state index contributed by atoms with van der Waals surface area (Å²) in [5.74, 6) is 4.98. The SMILES string of the molecule is CC1=C(C)[C@H](C)C(C)[C@@H]1C.CC1=C(C)[C@H](C)C(C)[C@@H]1C.CCC. The van der Waals surface area contributed by atoms with E-state index < -0.39 is 0 Å². The lowest BCUT2D eigenvalue weighted by atomic mass is 9.90. The molecule has 0 fully saturated rings. The second-order valence-electron chi connectivity index (χ2n) is 8.31. The molecule has 23 heavy (non-hydrogen) atoms. The number of rotatable bonds is 0. The molecule has 0 N–H and O–H groups in total. The van der Waals surface area contributed by atoms with Crippen molar-refractivity contribution >= 4 is 0 Å². The van der Waals surface area contributed by atoms with Crippen LogP contribution >= 0.6 is 0 Å². The smallest absolute Gasteiger partial charge is 0.0200 e. The van der Waals surface area contributed by atoms with Crippen molar-refractivity contribution in [1.82, 2.24) is 0 Å². The summed E-state index contributed by atoms with van der Waals surface area (Å²) in [7, 11) is 0. The van der Waals surface area contributed by atoms with Crippen molar-refractivity contribution in [2.75, 3.05) is 0 Å². The molecule has 0 heteroatoms. The zero-order valence-corrected chi connectivity index (χ0v) is 18.2. The van der Waals surface area contributed by atoms with E-state index in [1.165, 1.54) is 6.42 Å². The Morgan fingerprint density at radius 3 is 0.652 bits per heavy atom. The lowest BCUT2D eigenvalue weighted by Gasteiger charge is -2.15. The maximum atomic E-state index is 2.36. The summed E-state index contributed by atoms with van der Waals surface area (Å²) in [4.78, 5) is 0. The van der Waals surface area contributed by atoms with E-state index in [-0.39, 0.29) is 0 Å². The lowest BCUT2D eigenvalue weighted by molar-refractivity contribution is 0.390. The third kappa shape index (κ3) is 5.23. The molecule has 0 aromatic rings. The minimum Gasteiger partial charge on any atom is -0.0710 e. The molecule has 0 spiro atoms. The van der Waals surface area contributed by atoms with E-state index in [1.807, 2.05) is 0 Å². The molecule has 0 bridgehead atoms. The molecule has 0 aromatic carbocycles. The van der Waals surface area contributed by atoms with Crippen molar-refractivity contribution in [2.45, 2.75) is 89.5 Å². The molecule has 0 saturated carbocycles. The topological polar surface area (TPSA) is 0 Å². The lowest BCUT2D eigenvalue weighted by Crippen LogP contribution is -2.08. The fraction of sp³-hybridized carbons (Fsp3) is 0.826. The van der Waals surface area contributed by atoms with Crippen LogP contribution in [0.3, 0.4) is 0 Å². The van der Waals surface area contributed by atoms with Gasteiger partial charge in [0.1, 0.15) is 0 Å². The standard InChI is InChI=1S/2C10H18.C3H8/c2*1-6-7(2)9(4)10(5)8(6)3;1-3-2/h2*6-8H,1-5H3;3H2,1-2H3/t2*6?,7-,8+;. The summed E-state index contributed by atoms with van der Waals surface area (Å²) >= 11 is 0. The first-order chi connectivity index (χ1) is 10.5. The summed E-state index contributed by atoms with van der Waals surface area (Å²) in [5, 5.41) is 0. The van der Waals surface area contributed by atoms with Gasteiger partial charge in [0.15, 0.2) is 0 Å². The highest BCUT2D eigenvalue weighted by molar-refractivity contribution is 5.23. The maximum Gasteiger partial charge on any atom is -0.0200 e. The minimum atomic E-state index is 0.815. The molecule has 2 unspecified atom stereocenters. The molecule has 0 nitrogen and oxygen atoms in total. The van der Waals surface area contributed by atoms with Gasteiger partial charge >= 0.3 is 0 Å². The van der Waals surface area contributed by atoms with E-state index >= 15 is 0 Å². The van der Waals surface area contributed by atoms with Gasteiger partial charge in [-0.2, -0.15) is 0 Å². The fourth-order valence-corrected chi connectivity index (χ4v) is 3.88. The van der Waals surface area contributed by atoms with Crippen LogP contribution in [0.25, 0.3) is 0 Å². The highest BCUT2D eigenvalue weighted by Gasteiger charge is 2.30. The fourth-order valence-electron chi connectivity index (χ4n) is 3.88. The predicted molar refractivity (Wildman–Crippen MR) is 108 cm³/mol. The normalized spacial score (nSPS) is 36.5. The maximum absolute atomic E-state index is 2.36. The van der Waals surface area contributed by atoms with E-state index in [4.69, 9.17) is 0 Å². The van der Waals surface area contributed by atoms with Crippen molar-refractivity contribution < 1.29 is 0 Å². The molecule has 136 valence electrons. The number of hydrogen-bond acceptors (Lipinski definition) is 0. The van der Waals surface area contributed by atoms with Gasteiger partial charge in [-0.05, 0) is 63.2 Å². The van der Waals surface area contributed by atoms with Crippen LogP contribution in [0.4, 0.5) is 0 Å². The Labute approximate surface area is 147 Å². The average molecular weight is 321 g/mol. The first-order valence-electron chi connectivity index (χ1n) is 9.87. The van der Waals surface area contributed by atoms with E-state index in [2.05, 4.69) is 83.1 Å². The molecule has 2 aliphatic rings. The molecular weight excluding hydrogens is 276 g/mol. The van der Waals surface area contributed by atoms with Crippen molar-refractivity contribution in [2.24, 2.45) is 35.5 Å². The zero-order valence-electron chi connectivity index (χ0n) is 18.2. The molecule has 6 atom stereocenters. The summed E-state index contributed by atoms with van der Waals surface area (Å²) in [6.07, 6.45) is 1.25. The van der Waals surface area contributed by atoms with E-state index in [9.17, 15) is 0 Å². The van der Waals surface area contributed by atoms with Crippen LogP contribution in [-0.2, 0) is 0 Å². The highest BCUT2D eigenvalue weighted by Crippen LogP contribution is 2.41. The van der Waals surface area contributed by atoms with Gasteiger partial charge in [-0.1, -0.05) is 84.1 Å². The van der Waals surface area contributed by atoms with Crippen LogP contribution in [-0.4, -0.2) is 0 Å². The largest absolute Gasteiger partial charge is 0.0710 e. The summed E-state index contributed by atoms with van der Waals surface area (Å²) in [5.41, 5.74) is 6.50. The second-order valence-corrected chi connectivity index (χ2v) is 8.31. The number of hydrogen-bond donors (Lipinski definition) is 0. The third-order valence-electron chi connectivity index (χ3n) is 7.13. The second kappa shape index (κ2) is 9.70. The minimum absolute atomic E-state index is 0.815. The Morgan fingerprint density at radius 1 is 0.478 bits per heavy atom. The average Bonchev–Trinajstić information content (AvgIpc) is 2.80. The molecule has 0 heterocycles.